The van der Waals surface area contributed by atoms with E-state index < -0.39 is 15.9 Å². The van der Waals surface area contributed by atoms with Crippen molar-refractivity contribution >= 4 is 33.1 Å². The van der Waals surface area contributed by atoms with E-state index in [0.717, 1.165) is 11.3 Å². The maximum Gasteiger partial charge on any atom is 0.256 e. The molecule has 2 aromatic carbocycles. The Kier molecular flexibility index (Phi) is 5.38. The number of nitrogens with zero attached hydrogens (tertiary/aromatic N) is 3. The number of carbonyl (C=O) groups excluding carboxylic acids is 1. The fourth-order valence-corrected chi connectivity index (χ4v) is 6.03. The second kappa shape index (κ2) is 8.34. The largest absolute Gasteiger partial charge is 0.305 e. The Morgan fingerprint density at radius 1 is 1.03 bits per heavy atom. The third kappa shape index (κ3) is 3.97. The fraction of sp³-hybridized carbons (Fsp3) is 0.130. The molecule has 32 heavy (non-hydrogen) atoms. The van der Waals surface area contributed by atoms with E-state index in [-0.39, 0.29) is 10.5 Å². The van der Waals surface area contributed by atoms with E-state index in [9.17, 15) is 13.2 Å². The molecule has 1 N–H and O–H groups in total. The van der Waals surface area contributed by atoms with Crippen molar-refractivity contribution < 1.29 is 13.2 Å². The molecule has 0 aliphatic carbocycles. The van der Waals surface area contributed by atoms with Gasteiger partial charge in [0.15, 0.2) is 5.82 Å². The highest BCUT2D eigenvalue weighted by Crippen LogP contribution is 2.28. The summed E-state index contributed by atoms with van der Waals surface area (Å²) < 4.78 is 29.5. The summed E-state index contributed by atoms with van der Waals surface area (Å²) in [5, 5.41) is 9.10. The Balaban J connectivity index is 1.34. The summed E-state index contributed by atoms with van der Waals surface area (Å²) in [5.74, 6) is -0.0349. The summed E-state index contributed by atoms with van der Waals surface area (Å²) in [6, 6.07) is 19.3. The number of thiophene rings is 1. The van der Waals surface area contributed by atoms with Gasteiger partial charge in [0.2, 0.25) is 10.0 Å². The minimum absolute atomic E-state index is 0.110. The molecule has 0 saturated heterocycles. The third-order valence-electron chi connectivity index (χ3n) is 5.36. The number of amides is 1. The van der Waals surface area contributed by atoms with Crippen LogP contribution in [0.1, 0.15) is 20.8 Å². The Labute approximate surface area is 190 Å². The lowest BCUT2D eigenvalue weighted by atomic mass is 10.1. The quantitative estimate of drug-likeness (QED) is 0.485. The Morgan fingerprint density at radius 2 is 1.88 bits per heavy atom. The number of hydrogen-bond acceptors (Lipinski definition) is 5. The average Bonchev–Trinajstić information content (AvgIpc) is 3.49. The molecule has 1 amide bonds. The monoisotopic (exact) mass is 464 g/mol. The molecule has 1 aliphatic rings. The highest BCUT2D eigenvalue weighted by Gasteiger charge is 2.29. The molecule has 0 fully saturated rings. The van der Waals surface area contributed by atoms with E-state index in [1.54, 1.807) is 40.4 Å². The zero-order chi connectivity index (χ0) is 22.1. The van der Waals surface area contributed by atoms with Gasteiger partial charge in [0, 0.05) is 35.8 Å². The van der Waals surface area contributed by atoms with Crippen molar-refractivity contribution in [1.82, 2.24) is 14.1 Å². The van der Waals surface area contributed by atoms with Crippen LogP contribution in [0, 0.1) is 0 Å². The smallest absolute Gasteiger partial charge is 0.256 e. The van der Waals surface area contributed by atoms with Gasteiger partial charge >= 0.3 is 0 Å². The van der Waals surface area contributed by atoms with E-state index in [1.807, 2.05) is 41.8 Å². The van der Waals surface area contributed by atoms with Crippen LogP contribution in [0.5, 0.6) is 0 Å². The number of para-hydroxylation sites is 1. The maximum absolute atomic E-state index is 13.2. The predicted octanol–water partition coefficient (Wildman–Crippen LogP) is 3.93. The van der Waals surface area contributed by atoms with E-state index in [1.165, 1.54) is 21.3 Å². The maximum atomic E-state index is 13.2. The number of sulfonamides is 1. The zero-order valence-corrected chi connectivity index (χ0v) is 18.6. The van der Waals surface area contributed by atoms with Gasteiger partial charge in [-0.1, -0.05) is 24.3 Å². The number of benzene rings is 2. The lowest BCUT2D eigenvalue weighted by Crippen LogP contribution is -2.35. The minimum atomic E-state index is -3.71. The Morgan fingerprint density at radius 3 is 2.72 bits per heavy atom. The summed E-state index contributed by atoms with van der Waals surface area (Å²) in [6.45, 7) is 0.789. The van der Waals surface area contributed by atoms with Crippen molar-refractivity contribution in [2.45, 2.75) is 17.9 Å². The van der Waals surface area contributed by atoms with Crippen LogP contribution >= 0.6 is 11.3 Å². The van der Waals surface area contributed by atoms with Gasteiger partial charge in [-0.05, 0) is 53.8 Å². The first-order valence-corrected chi connectivity index (χ1v) is 12.4. The van der Waals surface area contributed by atoms with Gasteiger partial charge in [-0.15, -0.1) is 11.3 Å². The van der Waals surface area contributed by atoms with Crippen LogP contribution in [0.3, 0.4) is 0 Å². The number of nitrogens with one attached hydrogen (secondary N) is 1. The molecule has 2 aromatic heterocycles. The number of fused-ring (bicyclic) bond motifs is 1. The summed E-state index contributed by atoms with van der Waals surface area (Å²) >= 11 is 1.66. The summed E-state index contributed by atoms with van der Waals surface area (Å²) in [5.41, 5.74) is 2.18. The molecule has 5 rings (SSSR count). The van der Waals surface area contributed by atoms with E-state index >= 15 is 0 Å². The van der Waals surface area contributed by atoms with Gasteiger partial charge in [-0.25, -0.2) is 13.1 Å². The molecule has 0 bridgehead atoms. The van der Waals surface area contributed by atoms with Gasteiger partial charge in [-0.2, -0.15) is 9.40 Å². The molecule has 0 spiro atoms. The highest BCUT2D eigenvalue weighted by molar-refractivity contribution is 7.89. The van der Waals surface area contributed by atoms with Crippen LogP contribution in [0.2, 0.25) is 0 Å². The highest BCUT2D eigenvalue weighted by atomic mass is 32.2. The lowest BCUT2D eigenvalue weighted by Gasteiger charge is -2.26. The SMILES string of the molecule is O=C(Nc1ccn(-c2ccccc2)n1)c1cccc(S(=O)(=O)N2CCc3sccc3C2)c1. The molecule has 3 heterocycles. The number of hydrogen-bond donors (Lipinski definition) is 1. The van der Waals surface area contributed by atoms with Crippen molar-refractivity contribution in [3.63, 3.8) is 0 Å². The van der Waals surface area contributed by atoms with Crippen molar-refractivity contribution in [3.05, 3.63) is 94.3 Å². The topological polar surface area (TPSA) is 84.3 Å². The fourth-order valence-electron chi connectivity index (χ4n) is 3.68. The van der Waals surface area contributed by atoms with Crippen LogP contribution in [0.25, 0.3) is 5.69 Å². The minimum Gasteiger partial charge on any atom is -0.305 e. The molecular formula is C23H20N4O3S2. The van der Waals surface area contributed by atoms with Gasteiger partial charge in [-0.3, -0.25) is 4.79 Å². The Bertz CT molecular complexity index is 1380. The van der Waals surface area contributed by atoms with Crippen molar-refractivity contribution in [2.24, 2.45) is 0 Å². The van der Waals surface area contributed by atoms with Gasteiger partial charge in [0.25, 0.3) is 5.91 Å². The summed E-state index contributed by atoms with van der Waals surface area (Å²) in [7, 11) is -3.71. The molecule has 4 aromatic rings. The molecule has 1 aliphatic heterocycles. The van der Waals surface area contributed by atoms with Crippen LogP contribution < -0.4 is 5.32 Å². The first kappa shape index (κ1) is 20.6. The third-order valence-corrected chi connectivity index (χ3v) is 8.22. The lowest BCUT2D eigenvalue weighted by molar-refractivity contribution is 0.102. The van der Waals surface area contributed by atoms with E-state index in [4.69, 9.17) is 0 Å². The molecule has 162 valence electrons. The van der Waals surface area contributed by atoms with E-state index in [2.05, 4.69) is 10.4 Å². The van der Waals surface area contributed by atoms with Crippen molar-refractivity contribution in [2.75, 3.05) is 11.9 Å². The van der Waals surface area contributed by atoms with Crippen LogP contribution in [-0.2, 0) is 23.0 Å². The van der Waals surface area contributed by atoms with Crippen molar-refractivity contribution in [3.8, 4) is 5.69 Å². The number of rotatable bonds is 5. The molecule has 0 atom stereocenters. The van der Waals surface area contributed by atoms with E-state index in [0.29, 0.717) is 25.3 Å². The number of anilines is 1. The summed E-state index contributed by atoms with van der Waals surface area (Å²) in [6.07, 6.45) is 2.46. The average molecular weight is 465 g/mol. The molecule has 9 heteroatoms. The molecular weight excluding hydrogens is 444 g/mol. The van der Waals surface area contributed by atoms with Gasteiger partial charge in [0.05, 0.1) is 10.6 Å². The van der Waals surface area contributed by atoms with Gasteiger partial charge < -0.3 is 5.32 Å². The second-order valence-corrected chi connectivity index (χ2v) is 10.4. The predicted molar refractivity (Wildman–Crippen MR) is 124 cm³/mol. The van der Waals surface area contributed by atoms with Crippen LogP contribution in [0.15, 0.2) is 83.2 Å². The Hall–Kier alpha value is -3.27. The van der Waals surface area contributed by atoms with Gasteiger partial charge in [0.1, 0.15) is 0 Å². The number of aromatic nitrogens is 2. The summed E-state index contributed by atoms with van der Waals surface area (Å²) in [4.78, 5) is 14.1. The normalized spacial score (nSPS) is 14.1. The van der Waals surface area contributed by atoms with Crippen LogP contribution in [-0.4, -0.2) is 35.0 Å². The first-order chi connectivity index (χ1) is 15.5. The molecule has 0 saturated carbocycles. The molecule has 0 unspecified atom stereocenters. The van der Waals surface area contributed by atoms with Crippen molar-refractivity contribution in [1.29, 1.82) is 0 Å². The standard InChI is InChI=1S/C23H20N4O3S2/c28-23(24-22-10-13-27(25-22)19-6-2-1-3-7-19)17-5-4-8-20(15-17)32(29,30)26-12-9-21-18(16-26)11-14-31-21/h1-8,10-11,13-15H,9,12,16H2,(H,24,25,28). The molecule has 7 nitrogen and oxygen atoms in total. The number of carbonyl (C=O) groups is 1. The van der Waals surface area contributed by atoms with Crippen LogP contribution in [0.4, 0.5) is 5.82 Å². The zero-order valence-electron chi connectivity index (χ0n) is 17.0. The second-order valence-electron chi connectivity index (χ2n) is 7.42. The molecule has 0 radical (unpaired) electrons. The first-order valence-electron chi connectivity index (χ1n) is 10.1.